The maximum atomic E-state index is 14.4. The number of hydrogen-bond acceptors (Lipinski definition) is 4. The predicted molar refractivity (Wildman–Crippen MR) is 121 cm³/mol. The van der Waals surface area contributed by atoms with Crippen molar-refractivity contribution in [3.05, 3.63) is 66.7 Å². The van der Waals surface area contributed by atoms with Crippen LogP contribution in [0.25, 0.3) is 5.70 Å². The smallest absolute Gasteiger partial charge is 0.227 e. The first kappa shape index (κ1) is 24.2. The van der Waals surface area contributed by atoms with E-state index in [-0.39, 0.29) is 11.8 Å². The van der Waals surface area contributed by atoms with E-state index in [9.17, 15) is 14.4 Å². The van der Waals surface area contributed by atoms with Crippen molar-refractivity contribution in [3.63, 3.8) is 0 Å². The Balaban J connectivity index is 2.39. The molecule has 164 valence electrons. The van der Waals surface area contributed by atoms with Crippen molar-refractivity contribution < 1.29 is 9.18 Å². The Hall–Kier alpha value is -3.07. The summed E-state index contributed by atoms with van der Waals surface area (Å²) >= 11 is 0. The van der Waals surface area contributed by atoms with Gasteiger partial charge in [-0.2, -0.15) is 15.5 Å². The van der Waals surface area contributed by atoms with E-state index in [2.05, 4.69) is 34.8 Å². The van der Waals surface area contributed by atoms with Crippen molar-refractivity contribution in [2.75, 3.05) is 0 Å². The van der Waals surface area contributed by atoms with Crippen molar-refractivity contribution in [1.29, 1.82) is 5.26 Å². The SMILES string of the molecule is C=C/N=N\C(=C/C(=C)[C@@H]1CCC(C)(C(=O)NC(C)(C)C#N)C1(C)C)c1ccccc1F. The molecule has 0 spiro atoms. The van der Waals surface area contributed by atoms with Crippen LogP contribution in [0.1, 0.15) is 53.0 Å². The number of rotatable bonds is 7. The van der Waals surface area contributed by atoms with E-state index in [1.807, 2.05) is 20.8 Å². The lowest BCUT2D eigenvalue weighted by Crippen LogP contribution is -2.53. The zero-order chi connectivity index (χ0) is 23.4. The molecule has 1 aromatic rings. The molecule has 0 saturated heterocycles. The number of amides is 1. The predicted octanol–water partition coefficient (Wildman–Crippen LogP) is 6.18. The van der Waals surface area contributed by atoms with Gasteiger partial charge in [-0.3, -0.25) is 4.79 Å². The monoisotopic (exact) mass is 422 g/mol. The Labute approximate surface area is 184 Å². The number of nitriles is 1. The molecule has 1 aliphatic rings. The molecular formula is C25H31FN4O. The van der Waals surface area contributed by atoms with Gasteiger partial charge in [0.2, 0.25) is 5.91 Å². The van der Waals surface area contributed by atoms with Gasteiger partial charge in [0.1, 0.15) is 11.4 Å². The summed E-state index contributed by atoms with van der Waals surface area (Å²) in [5.74, 6) is -0.587. The maximum absolute atomic E-state index is 14.4. The Bertz CT molecular complexity index is 983. The van der Waals surface area contributed by atoms with Crippen molar-refractivity contribution in [1.82, 2.24) is 5.32 Å². The Morgan fingerprint density at radius 2 is 2.00 bits per heavy atom. The minimum Gasteiger partial charge on any atom is -0.338 e. The molecule has 1 N–H and O–H groups in total. The fraction of sp³-hybridized carbons (Fsp3) is 0.440. The van der Waals surface area contributed by atoms with Gasteiger partial charge >= 0.3 is 0 Å². The molecule has 0 radical (unpaired) electrons. The zero-order valence-electron chi connectivity index (χ0n) is 19.0. The molecule has 1 saturated carbocycles. The first-order chi connectivity index (χ1) is 14.4. The van der Waals surface area contributed by atoms with Crippen LogP contribution in [0.4, 0.5) is 4.39 Å². The van der Waals surface area contributed by atoms with Crippen molar-refractivity contribution >= 4 is 11.6 Å². The van der Waals surface area contributed by atoms with Gasteiger partial charge in [0, 0.05) is 11.8 Å². The number of halogens is 1. The minimum absolute atomic E-state index is 0.0332. The van der Waals surface area contributed by atoms with E-state index < -0.39 is 22.2 Å². The largest absolute Gasteiger partial charge is 0.338 e. The fourth-order valence-electron chi connectivity index (χ4n) is 4.21. The molecule has 31 heavy (non-hydrogen) atoms. The number of carbonyl (C=O) groups is 1. The third-order valence-electron chi connectivity index (χ3n) is 6.60. The average Bonchev–Trinajstić information content (AvgIpc) is 2.95. The number of benzene rings is 1. The van der Waals surface area contributed by atoms with Crippen LogP contribution >= 0.6 is 0 Å². The van der Waals surface area contributed by atoms with Crippen LogP contribution in [0.2, 0.25) is 0 Å². The van der Waals surface area contributed by atoms with Gasteiger partial charge in [0.15, 0.2) is 0 Å². The van der Waals surface area contributed by atoms with E-state index in [1.165, 1.54) is 12.3 Å². The van der Waals surface area contributed by atoms with Gasteiger partial charge in [-0.25, -0.2) is 4.39 Å². The average molecular weight is 423 g/mol. The molecule has 1 aromatic carbocycles. The number of allylic oxidation sites excluding steroid dienone is 2. The van der Waals surface area contributed by atoms with Gasteiger partial charge in [0.05, 0.1) is 17.2 Å². The first-order valence-electron chi connectivity index (χ1n) is 10.3. The number of carbonyl (C=O) groups excluding carboxylic acids is 1. The Morgan fingerprint density at radius 1 is 1.35 bits per heavy atom. The number of nitrogens with one attached hydrogen (secondary N) is 1. The Kier molecular flexibility index (Phi) is 7.00. The molecule has 2 atom stereocenters. The molecule has 6 heteroatoms. The summed E-state index contributed by atoms with van der Waals surface area (Å²) in [7, 11) is 0. The van der Waals surface area contributed by atoms with Gasteiger partial charge in [-0.05, 0) is 61.8 Å². The normalized spacial score (nSPS) is 23.4. The lowest BCUT2D eigenvalue weighted by Gasteiger charge is -2.42. The topological polar surface area (TPSA) is 77.6 Å². The van der Waals surface area contributed by atoms with E-state index in [4.69, 9.17) is 0 Å². The van der Waals surface area contributed by atoms with Crippen molar-refractivity contribution in [2.24, 2.45) is 27.0 Å². The Morgan fingerprint density at radius 3 is 2.58 bits per heavy atom. The summed E-state index contributed by atoms with van der Waals surface area (Å²) in [6, 6.07) is 8.47. The summed E-state index contributed by atoms with van der Waals surface area (Å²) in [6.07, 6.45) is 4.41. The second kappa shape index (κ2) is 8.97. The summed E-state index contributed by atoms with van der Waals surface area (Å²) in [5.41, 5.74) is -0.671. The van der Waals surface area contributed by atoms with E-state index in [0.717, 1.165) is 12.0 Å². The maximum Gasteiger partial charge on any atom is 0.227 e. The molecule has 1 aliphatic carbocycles. The zero-order valence-corrected chi connectivity index (χ0v) is 19.0. The quantitative estimate of drug-likeness (QED) is 0.421. The van der Waals surface area contributed by atoms with E-state index >= 15 is 0 Å². The second-order valence-corrected chi connectivity index (χ2v) is 9.32. The number of nitrogens with zero attached hydrogens (tertiary/aromatic N) is 3. The van der Waals surface area contributed by atoms with Crippen molar-refractivity contribution in [3.8, 4) is 6.07 Å². The first-order valence-corrected chi connectivity index (χ1v) is 10.3. The minimum atomic E-state index is -0.950. The highest BCUT2D eigenvalue weighted by molar-refractivity contribution is 5.84. The molecule has 0 aliphatic heterocycles. The van der Waals surface area contributed by atoms with Gasteiger partial charge in [0.25, 0.3) is 0 Å². The second-order valence-electron chi connectivity index (χ2n) is 9.32. The molecule has 1 amide bonds. The fourth-order valence-corrected chi connectivity index (χ4v) is 4.21. The van der Waals surface area contributed by atoms with Crippen LogP contribution in [-0.2, 0) is 4.79 Å². The van der Waals surface area contributed by atoms with Gasteiger partial charge in [-0.15, -0.1) is 0 Å². The summed E-state index contributed by atoms with van der Waals surface area (Å²) in [4.78, 5) is 13.2. The molecule has 1 fully saturated rings. The van der Waals surface area contributed by atoms with E-state index in [0.29, 0.717) is 17.7 Å². The van der Waals surface area contributed by atoms with Gasteiger partial charge in [-0.1, -0.05) is 46.1 Å². The van der Waals surface area contributed by atoms with Crippen LogP contribution in [0.15, 0.2) is 65.5 Å². The highest BCUT2D eigenvalue weighted by Crippen LogP contribution is 2.58. The molecular weight excluding hydrogens is 391 g/mol. The molecule has 0 bridgehead atoms. The lowest BCUT2D eigenvalue weighted by molar-refractivity contribution is -0.136. The summed E-state index contributed by atoms with van der Waals surface area (Å²) in [6.45, 7) is 17.1. The third-order valence-corrected chi connectivity index (χ3v) is 6.60. The molecule has 2 rings (SSSR count). The van der Waals surface area contributed by atoms with Crippen LogP contribution in [0.5, 0.6) is 0 Å². The molecule has 1 unspecified atom stereocenters. The van der Waals surface area contributed by atoms with E-state index in [1.54, 1.807) is 38.1 Å². The highest BCUT2D eigenvalue weighted by atomic mass is 19.1. The van der Waals surface area contributed by atoms with Gasteiger partial charge < -0.3 is 5.32 Å². The molecule has 0 aromatic heterocycles. The lowest BCUT2D eigenvalue weighted by atomic mass is 9.63. The van der Waals surface area contributed by atoms with Crippen LogP contribution in [0.3, 0.4) is 0 Å². The van der Waals surface area contributed by atoms with Crippen LogP contribution < -0.4 is 5.32 Å². The van der Waals surface area contributed by atoms with Crippen LogP contribution in [-0.4, -0.2) is 11.4 Å². The van der Waals surface area contributed by atoms with Crippen molar-refractivity contribution in [2.45, 2.75) is 53.0 Å². The summed E-state index contributed by atoms with van der Waals surface area (Å²) in [5, 5.41) is 20.1. The number of azo groups is 1. The molecule has 0 heterocycles. The van der Waals surface area contributed by atoms with Crippen LogP contribution in [0, 0.1) is 33.9 Å². The molecule has 5 nitrogen and oxygen atoms in total. The third kappa shape index (κ3) is 4.82. The standard InChI is InChI=1S/C25H31FN4O/c1-8-28-30-21(18-11-9-10-12-20(18)26)15-17(2)19-13-14-25(7,24(19,5)6)22(31)29-23(3,4)16-27/h8-12,15,19H,1-2,13-14H2,3-7H3,(H,29,31)/b21-15-,30-28-/t19-,25?/m0/s1. The number of hydrogen-bond donors (Lipinski definition) is 1. The summed E-state index contributed by atoms with van der Waals surface area (Å²) < 4.78 is 14.4. The highest BCUT2D eigenvalue weighted by Gasteiger charge is 2.56.